The lowest BCUT2D eigenvalue weighted by Gasteiger charge is -2.34. The lowest BCUT2D eigenvalue weighted by Crippen LogP contribution is -2.52. The number of hydrogen-bond donors (Lipinski definition) is 2. The van der Waals surface area contributed by atoms with Crippen molar-refractivity contribution in [3.8, 4) is 0 Å². The normalized spacial score (nSPS) is 34.9. The Bertz CT molecular complexity index is 385. The van der Waals surface area contributed by atoms with Crippen LogP contribution < -0.4 is 0 Å². The van der Waals surface area contributed by atoms with Crippen LogP contribution in [0, 0.1) is 17.3 Å². The minimum absolute atomic E-state index is 0.553. The predicted octanol–water partition coefficient (Wildman–Crippen LogP) is -0.0439. The second-order valence-corrected chi connectivity index (χ2v) is 4.25. The highest BCUT2D eigenvalue weighted by atomic mass is 16.4. The molecule has 0 aromatic heterocycles. The van der Waals surface area contributed by atoms with Gasteiger partial charge in [-0.05, 0) is 6.92 Å². The highest BCUT2D eigenvalue weighted by Crippen LogP contribution is 2.37. The Morgan fingerprint density at radius 2 is 1.81 bits per heavy atom. The van der Waals surface area contributed by atoms with E-state index in [1.165, 1.54) is 6.92 Å². The number of hydrogen-bond acceptors (Lipinski definition) is 4. The molecule has 0 aromatic rings. The maximum absolute atomic E-state index is 11.8. The molecule has 1 aliphatic carbocycles. The SMILES string of the molecule is CC1C(=O)C(C)(C(=O)O)CC(=O)C1C(=O)O. The van der Waals surface area contributed by atoms with E-state index < -0.39 is 47.2 Å². The third-order valence-corrected chi connectivity index (χ3v) is 3.07. The monoisotopic (exact) mass is 228 g/mol. The molecule has 3 unspecified atom stereocenters. The topological polar surface area (TPSA) is 109 Å². The zero-order valence-electron chi connectivity index (χ0n) is 8.89. The van der Waals surface area contributed by atoms with Crippen LogP contribution in [0.25, 0.3) is 0 Å². The van der Waals surface area contributed by atoms with Gasteiger partial charge in [-0.1, -0.05) is 6.92 Å². The molecule has 6 nitrogen and oxygen atoms in total. The molecule has 3 atom stereocenters. The second-order valence-electron chi connectivity index (χ2n) is 4.25. The number of carbonyl (C=O) groups excluding carboxylic acids is 2. The number of carbonyl (C=O) groups is 4. The average Bonchev–Trinajstić information content (AvgIpc) is 2.13. The number of carboxylic acid groups (broad SMARTS) is 2. The van der Waals surface area contributed by atoms with Crippen molar-refractivity contribution in [2.24, 2.45) is 17.3 Å². The summed E-state index contributed by atoms with van der Waals surface area (Å²) in [6, 6.07) is 0. The summed E-state index contributed by atoms with van der Waals surface area (Å²) in [6.07, 6.45) is -0.553. The second kappa shape index (κ2) is 3.70. The Morgan fingerprint density at radius 3 is 2.19 bits per heavy atom. The lowest BCUT2D eigenvalue weighted by atomic mass is 9.65. The molecule has 0 aromatic carbocycles. The molecule has 6 heteroatoms. The third-order valence-electron chi connectivity index (χ3n) is 3.07. The zero-order chi connectivity index (χ0) is 12.7. The fraction of sp³-hybridized carbons (Fsp3) is 0.600. The van der Waals surface area contributed by atoms with Gasteiger partial charge < -0.3 is 10.2 Å². The predicted molar refractivity (Wildman–Crippen MR) is 50.7 cm³/mol. The zero-order valence-corrected chi connectivity index (χ0v) is 8.89. The van der Waals surface area contributed by atoms with Gasteiger partial charge in [-0.15, -0.1) is 0 Å². The van der Waals surface area contributed by atoms with Gasteiger partial charge in [0.15, 0.2) is 5.78 Å². The van der Waals surface area contributed by atoms with Crippen LogP contribution >= 0.6 is 0 Å². The molecular weight excluding hydrogens is 216 g/mol. The van der Waals surface area contributed by atoms with Gasteiger partial charge in [0.25, 0.3) is 0 Å². The van der Waals surface area contributed by atoms with Crippen molar-refractivity contribution < 1.29 is 29.4 Å². The summed E-state index contributed by atoms with van der Waals surface area (Å²) in [7, 11) is 0. The summed E-state index contributed by atoms with van der Waals surface area (Å²) in [5.74, 6) is -6.68. The van der Waals surface area contributed by atoms with Crippen LogP contribution in [0.15, 0.2) is 0 Å². The molecule has 0 heterocycles. The van der Waals surface area contributed by atoms with E-state index in [-0.39, 0.29) is 0 Å². The molecule has 0 saturated heterocycles. The highest BCUT2D eigenvalue weighted by Gasteiger charge is 2.54. The number of aliphatic carboxylic acids is 2. The molecule has 2 N–H and O–H groups in total. The van der Waals surface area contributed by atoms with E-state index in [1.807, 2.05) is 0 Å². The Balaban J connectivity index is 3.15. The molecule has 1 fully saturated rings. The minimum Gasteiger partial charge on any atom is -0.481 e. The average molecular weight is 228 g/mol. The molecule has 1 rings (SSSR count). The first-order valence-corrected chi connectivity index (χ1v) is 4.75. The van der Waals surface area contributed by atoms with Gasteiger partial charge in [-0.25, -0.2) is 0 Å². The summed E-state index contributed by atoms with van der Waals surface area (Å²) >= 11 is 0. The van der Waals surface area contributed by atoms with Gasteiger partial charge in [0, 0.05) is 12.3 Å². The molecular formula is C10H12O6. The summed E-state index contributed by atoms with van der Waals surface area (Å²) < 4.78 is 0. The van der Waals surface area contributed by atoms with Crippen molar-refractivity contribution >= 4 is 23.5 Å². The van der Waals surface area contributed by atoms with Gasteiger partial charge in [-0.2, -0.15) is 0 Å². The molecule has 16 heavy (non-hydrogen) atoms. The molecule has 0 spiro atoms. The van der Waals surface area contributed by atoms with Gasteiger partial charge in [0.05, 0.1) is 0 Å². The molecule has 1 saturated carbocycles. The van der Waals surface area contributed by atoms with Gasteiger partial charge >= 0.3 is 11.9 Å². The highest BCUT2D eigenvalue weighted by molar-refractivity contribution is 6.15. The summed E-state index contributed by atoms with van der Waals surface area (Å²) in [5, 5.41) is 17.7. The van der Waals surface area contributed by atoms with Crippen LogP contribution in [-0.2, 0) is 19.2 Å². The standard InChI is InChI=1S/C10H12O6/c1-4-6(8(13)14)5(11)3-10(2,7(4)12)9(15)16/h4,6H,3H2,1-2H3,(H,13,14)(H,15,16). The van der Waals surface area contributed by atoms with E-state index in [9.17, 15) is 19.2 Å². The van der Waals surface area contributed by atoms with E-state index in [4.69, 9.17) is 10.2 Å². The fourth-order valence-electron chi connectivity index (χ4n) is 2.01. The number of carboxylic acids is 2. The number of rotatable bonds is 2. The maximum Gasteiger partial charge on any atom is 0.317 e. The molecule has 0 radical (unpaired) electrons. The van der Waals surface area contributed by atoms with Crippen LogP contribution in [0.2, 0.25) is 0 Å². The summed E-state index contributed by atoms with van der Waals surface area (Å²) in [6.45, 7) is 2.43. The maximum atomic E-state index is 11.8. The summed E-state index contributed by atoms with van der Waals surface area (Å²) in [5.41, 5.74) is -1.79. The van der Waals surface area contributed by atoms with Crippen LogP contribution in [0.1, 0.15) is 20.3 Å². The van der Waals surface area contributed by atoms with Gasteiger partial charge in [0.2, 0.25) is 0 Å². The largest absolute Gasteiger partial charge is 0.481 e. The van der Waals surface area contributed by atoms with Crippen molar-refractivity contribution in [1.82, 2.24) is 0 Å². The smallest absolute Gasteiger partial charge is 0.317 e. The Hall–Kier alpha value is -1.72. The van der Waals surface area contributed by atoms with E-state index in [2.05, 4.69) is 0 Å². The molecule has 1 aliphatic rings. The van der Waals surface area contributed by atoms with Crippen LogP contribution in [0.4, 0.5) is 0 Å². The van der Waals surface area contributed by atoms with E-state index in [0.29, 0.717) is 0 Å². The van der Waals surface area contributed by atoms with Gasteiger partial charge in [0.1, 0.15) is 17.1 Å². The van der Waals surface area contributed by atoms with Crippen molar-refractivity contribution in [2.75, 3.05) is 0 Å². The van der Waals surface area contributed by atoms with E-state index in [1.54, 1.807) is 0 Å². The first kappa shape index (κ1) is 12.4. The Morgan fingerprint density at radius 1 is 1.31 bits per heavy atom. The van der Waals surface area contributed by atoms with E-state index >= 15 is 0 Å². The quantitative estimate of drug-likeness (QED) is 0.641. The molecule has 0 aliphatic heterocycles. The van der Waals surface area contributed by atoms with E-state index in [0.717, 1.165) is 6.92 Å². The lowest BCUT2D eigenvalue weighted by molar-refractivity contribution is -0.167. The van der Waals surface area contributed by atoms with Crippen LogP contribution in [-0.4, -0.2) is 33.7 Å². The van der Waals surface area contributed by atoms with Gasteiger partial charge in [-0.3, -0.25) is 19.2 Å². The third kappa shape index (κ3) is 1.60. The Labute approximate surface area is 91.3 Å². The first-order valence-electron chi connectivity index (χ1n) is 4.75. The first-order chi connectivity index (χ1) is 7.21. The Kier molecular flexibility index (Phi) is 2.85. The molecule has 0 amide bonds. The summed E-state index contributed by atoms with van der Waals surface area (Å²) in [4.78, 5) is 45.0. The minimum atomic E-state index is -1.79. The van der Waals surface area contributed by atoms with Crippen molar-refractivity contribution in [3.05, 3.63) is 0 Å². The fourth-order valence-corrected chi connectivity index (χ4v) is 2.01. The van der Waals surface area contributed by atoms with Crippen molar-refractivity contribution in [3.63, 3.8) is 0 Å². The van der Waals surface area contributed by atoms with Crippen molar-refractivity contribution in [1.29, 1.82) is 0 Å². The van der Waals surface area contributed by atoms with Crippen molar-refractivity contribution in [2.45, 2.75) is 20.3 Å². The molecule has 0 bridgehead atoms. The number of Topliss-reactive ketones (excluding diaryl/α,β-unsaturated/α-hetero) is 2. The van der Waals surface area contributed by atoms with Crippen LogP contribution in [0.3, 0.4) is 0 Å². The molecule has 88 valence electrons. The number of ketones is 2. The van der Waals surface area contributed by atoms with Crippen LogP contribution in [0.5, 0.6) is 0 Å².